The molecule has 0 radical (unpaired) electrons. The van der Waals surface area contributed by atoms with Crippen LogP contribution in [-0.2, 0) is 12.7 Å². The Kier molecular flexibility index (Phi) is 5.46. The van der Waals surface area contributed by atoms with Gasteiger partial charge in [0.2, 0.25) is 5.95 Å². The van der Waals surface area contributed by atoms with Gasteiger partial charge < -0.3 is 10.6 Å². The second-order valence-electron chi connectivity index (χ2n) is 5.76. The van der Waals surface area contributed by atoms with Crippen molar-refractivity contribution in [2.75, 3.05) is 10.6 Å². The van der Waals surface area contributed by atoms with E-state index in [1.54, 1.807) is 0 Å². The smallest absolute Gasteiger partial charge is 0.349 e. The number of benzene rings is 2. The zero-order valence-corrected chi connectivity index (χ0v) is 14.9. The lowest BCUT2D eigenvalue weighted by molar-refractivity contribution is -0.137. The number of anilines is 3. The Morgan fingerprint density at radius 3 is 2.63 bits per heavy atom. The Morgan fingerprint density at radius 1 is 1.11 bits per heavy atom. The van der Waals surface area contributed by atoms with E-state index in [1.165, 1.54) is 18.3 Å². The van der Waals surface area contributed by atoms with Gasteiger partial charge in [-0.1, -0.05) is 35.9 Å². The topological polar surface area (TPSA) is 62.7 Å². The second kappa shape index (κ2) is 7.79. The fourth-order valence-electron chi connectivity index (χ4n) is 2.39. The first-order chi connectivity index (χ1) is 12.8. The molecule has 2 aromatic carbocycles. The number of aromatic nitrogens is 3. The van der Waals surface area contributed by atoms with Crippen molar-refractivity contribution in [1.82, 2.24) is 15.2 Å². The van der Waals surface area contributed by atoms with Crippen LogP contribution in [0.1, 0.15) is 16.7 Å². The third kappa shape index (κ3) is 4.85. The van der Waals surface area contributed by atoms with Gasteiger partial charge in [0.1, 0.15) is 0 Å². The van der Waals surface area contributed by atoms with E-state index in [0.29, 0.717) is 6.54 Å². The highest BCUT2D eigenvalue weighted by Crippen LogP contribution is 2.36. The highest BCUT2D eigenvalue weighted by Gasteiger charge is 2.33. The van der Waals surface area contributed by atoms with E-state index in [1.807, 2.05) is 31.2 Å². The molecular weight excluding hydrogens is 379 g/mol. The van der Waals surface area contributed by atoms with Crippen LogP contribution in [0, 0.1) is 6.92 Å². The molecule has 3 aromatic rings. The molecule has 0 atom stereocenters. The van der Waals surface area contributed by atoms with Gasteiger partial charge in [-0.2, -0.15) is 23.3 Å². The van der Waals surface area contributed by atoms with E-state index >= 15 is 0 Å². The molecule has 0 fully saturated rings. The highest BCUT2D eigenvalue weighted by molar-refractivity contribution is 6.31. The van der Waals surface area contributed by atoms with Crippen molar-refractivity contribution >= 4 is 29.1 Å². The van der Waals surface area contributed by atoms with Crippen molar-refractivity contribution in [3.05, 3.63) is 70.4 Å². The van der Waals surface area contributed by atoms with Crippen LogP contribution in [0.2, 0.25) is 5.02 Å². The van der Waals surface area contributed by atoms with Crippen LogP contribution in [0.25, 0.3) is 0 Å². The van der Waals surface area contributed by atoms with E-state index in [2.05, 4.69) is 25.8 Å². The van der Waals surface area contributed by atoms with Crippen LogP contribution in [0.3, 0.4) is 0 Å². The predicted octanol–water partition coefficient (Wildman–Crippen LogP) is 5.21. The van der Waals surface area contributed by atoms with Gasteiger partial charge in [0.05, 0.1) is 16.8 Å². The molecular formula is C18H15ClF3N5. The van der Waals surface area contributed by atoms with E-state index in [4.69, 9.17) is 11.6 Å². The minimum absolute atomic E-state index is 0.192. The SMILES string of the molecule is Cc1ccccc1CNc1nncc(Nc2ccc(Cl)c(C(F)(F)F)c2)n1. The maximum Gasteiger partial charge on any atom is 0.417 e. The fraction of sp³-hybridized carbons (Fsp3) is 0.167. The summed E-state index contributed by atoms with van der Waals surface area (Å²) < 4.78 is 38.9. The van der Waals surface area contributed by atoms with Crippen molar-refractivity contribution in [3.63, 3.8) is 0 Å². The number of rotatable bonds is 5. The van der Waals surface area contributed by atoms with Crippen molar-refractivity contribution in [3.8, 4) is 0 Å². The summed E-state index contributed by atoms with van der Waals surface area (Å²) in [4.78, 5) is 4.22. The molecule has 0 bridgehead atoms. The lowest BCUT2D eigenvalue weighted by Gasteiger charge is -2.12. The molecule has 140 valence electrons. The Bertz CT molecular complexity index is 946. The third-order valence-electron chi connectivity index (χ3n) is 3.80. The second-order valence-corrected chi connectivity index (χ2v) is 6.17. The van der Waals surface area contributed by atoms with Gasteiger partial charge >= 0.3 is 6.18 Å². The number of hydrogen-bond acceptors (Lipinski definition) is 5. The molecule has 9 heteroatoms. The molecule has 0 saturated heterocycles. The van der Waals surface area contributed by atoms with E-state index in [0.717, 1.165) is 17.2 Å². The molecule has 0 unspecified atom stereocenters. The first-order valence-electron chi connectivity index (χ1n) is 7.95. The summed E-state index contributed by atoms with van der Waals surface area (Å²) in [6, 6.07) is 11.4. The summed E-state index contributed by atoms with van der Waals surface area (Å²) in [7, 11) is 0. The fourth-order valence-corrected chi connectivity index (χ4v) is 2.61. The predicted molar refractivity (Wildman–Crippen MR) is 98.1 cm³/mol. The van der Waals surface area contributed by atoms with Crippen molar-refractivity contribution in [2.24, 2.45) is 0 Å². The average molecular weight is 394 g/mol. The Morgan fingerprint density at radius 2 is 1.89 bits per heavy atom. The Balaban J connectivity index is 1.74. The monoisotopic (exact) mass is 393 g/mol. The van der Waals surface area contributed by atoms with Gasteiger partial charge in [-0.05, 0) is 36.2 Å². The Labute approximate surface area is 158 Å². The Hall–Kier alpha value is -2.87. The van der Waals surface area contributed by atoms with Gasteiger partial charge in [0, 0.05) is 12.2 Å². The number of nitrogens with one attached hydrogen (secondary N) is 2. The molecule has 2 N–H and O–H groups in total. The largest absolute Gasteiger partial charge is 0.417 e. The summed E-state index contributed by atoms with van der Waals surface area (Å²) >= 11 is 5.63. The molecule has 3 rings (SSSR count). The molecule has 0 amide bonds. The minimum atomic E-state index is -4.54. The van der Waals surface area contributed by atoms with Crippen LogP contribution in [0.5, 0.6) is 0 Å². The maximum atomic E-state index is 13.0. The molecule has 0 aliphatic rings. The molecule has 1 aromatic heterocycles. The zero-order chi connectivity index (χ0) is 19.4. The minimum Gasteiger partial charge on any atom is -0.349 e. The number of aryl methyl sites for hydroxylation is 1. The van der Waals surface area contributed by atoms with Gasteiger partial charge in [-0.3, -0.25) is 0 Å². The van der Waals surface area contributed by atoms with Crippen LogP contribution in [-0.4, -0.2) is 15.2 Å². The van der Waals surface area contributed by atoms with Gasteiger partial charge in [-0.15, -0.1) is 5.10 Å². The molecule has 0 spiro atoms. The van der Waals surface area contributed by atoms with Crippen molar-refractivity contribution < 1.29 is 13.2 Å². The quantitative estimate of drug-likeness (QED) is 0.623. The van der Waals surface area contributed by atoms with Crippen LogP contribution in [0.15, 0.2) is 48.7 Å². The molecule has 0 aliphatic carbocycles. The highest BCUT2D eigenvalue weighted by atomic mass is 35.5. The first kappa shape index (κ1) is 18.9. The van der Waals surface area contributed by atoms with Crippen LogP contribution in [0.4, 0.5) is 30.6 Å². The number of halogens is 4. The molecule has 5 nitrogen and oxygen atoms in total. The summed E-state index contributed by atoms with van der Waals surface area (Å²) in [5, 5.41) is 13.2. The van der Waals surface area contributed by atoms with Crippen molar-refractivity contribution in [2.45, 2.75) is 19.6 Å². The summed E-state index contributed by atoms with van der Waals surface area (Å²) in [6.07, 6.45) is -3.22. The normalized spacial score (nSPS) is 11.3. The van der Waals surface area contributed by atoms with Gasteiger partial charge in [-0.25, -0.2) is 0 Å². The molecule has 1 heterocycles. The number of hydrogen-bond donors (Lipinski definition) is 2. The summed E-state index contributed by atoms with van der Waals surface area (Å²) in [5.41, 5.74) is 1.46. The lowest BCUT2D eigenvalue weighted by atomic mass is 10.1. The summed E-state index contributed by atoms with van der Waals surface area (Å²) in [6.45, 7) is 2.49. The maximum absolute atomic E-state index is 13.0. The summed E-state index contributed by atoms with van der Waals surface area (Å²) in [5.74, 6) is 0.515. The van der Waals surface area contributed by atoms with E-state index in [-0.39, 0.29) is 22.5 Å². The van der Waals surface area contributed by atoms with Gasteiger partial charge in [0.25, 0.3) is 0 Å². The number of nitrogens with zero attached hydrogens (tertiary/aromatic N) is 3. The van der Waals surface area contributed by atoms with E-state index in [9.17, 15) is 13.2 Å². The van der Waals surface area contributed by atoms with Gasteiger partial charge in [0.15, 0.2) is 5.82 Å². The van der Waals surface area contributed by atoms with Crippen LogP contribution < -0.4 is 10.6 Å². The van der Waals surface area contributed by atoms with Crippen molar-refractivity contribution in [1.29, 1.82) is 0 Å². The lowest BCUT2D eigenvalue weighted by Crippen LogP contribution is -2.08. The molecule has 0 saturated carbocycles. The molecule has 0 aliphatic heterocycles. The average Bonchev–Trinajstić information content (AvgIpc) is 2.62. The third-order valence-corrected chi connectivity index (χ3v) is 4.13. The van der Waals surface area contributed by atoms with Crippen LogP contribution >= 0.6 is 11.6 Å². The first-order valence-corrected chi connectivity index (χ1v) is 8.32. The zero-order valence-electron chi connectivity index (χ0n) is 14.2. The number of alkyl halides is 3. The standard InChI is InChI=1S/C18H15ClF3N5/c1-11-4-2-3-5-12(11)9-23-17-26-16(10-24-27-17)25-13-6-7-15(19)14(8-13)18(20,21)22/h2-8,10H,9H2,1H3,(H2,23,25,26,27). The van der Waals surface area contributed by atoms with E-state index < -0.39 is 11.7 Å². The molecule has 27 heavy (non-hydrogen) atoms.